The number of anilines is 1. The molecule has 2 N–H and O–H groups in total. The lowest BCUT2D eigenvalue weighted by Crippen LogP contribution is -2.46. The van der Waals surface area contributed by atoms with E-state index >= 15 is 0 Å². The van der Waals surface area contributed by atoms with Crippen LogP contribution in [0, 0.1) is 11.8 Å². The number of hydrogen-bond acceptors (Lipinski definition) is 5. The Morgan fingerprint density at radius 1 is 1.10 bits per heavy atom. The van der Waals surface area contributed by atoms with Gasteiger partial charge < -0.3 is 15.5 Å². The highest BCUT2D eigenvalue weighted by Crippen LogP contribution is 2.29. The summed E-state index contributed by atoms with van der Waals surface area (Å²) in [5.41, 5.74) is 5.96. The van der Waals surface area contributed by atoms with Crippen molar-refractivity contribution < 1.29 is 22.8 Å². The van der Waals surface area contributed by atoms with E-state index in [2.05, 4.69) is 0 Å². The van der Waals surface area contributed by atoms with Crippen molar-refractivity contribution >= 4 is 33.4 Å². The number of hydrogen-bond donors (Lipinski definition) is 1. The number of nitrogens with two attached hydrogens (primary N) is 1. The van der Waals surface area contributed by atoms with Crippen molar-refractivity contribution in [2.75, 3.05) is 37.6 Å². The fourth-order valence-electron chi connectivity index (χ4n) is 4.30. The second-order valence-electron chi connectivity index (χ2n) is 8.01. The van der Waals surface area contributed by atoms with Crippen molar-refractivity contribution in [1.29, 1.82) is 0 Å². The minimum absolute atomic E-state index is 0.0933. The SMILES string of the molecule is CCN(CC)S(=O)(=O)c1ccc(N2C[C@@H](C(=O)N3CCC[C@H](C(N)=O)C3)CC2=O)cc1. The molecule has 1 aromatic rings. The van der Waals surface area contributed by atoms with E-state index in [1.54, 1.807) is 30.9 Å². The number of sulfonamides is 1. The van der Waals surface area contributed by atoms with E-state index < -0.39 is 21.8 Å². The smallest absolute Gasteiger partial charge is 0.243 e. The van der Waals surface area contributed by atoms with Gasteiger partial charge in [0, 0.05) is 44.8 Å². The minimum atomic E-state index is -3.57. The molecule has 0 unspecified atom stereocenters. The summed E-state index contributed by atoms with van der Waals surface area (Å²) in [5.74, 6) is -1.55. The van der Waals surface area contributed by atoms with Crippen molar-refractivity contribution in [3.63, 3.8) is 0 Å². The molecule has 2 aliphatic heterocycles. The molecule has 0 radical (unpaired) electrons. The first kappa shape index (κ1) is 23.2. The van der Waals surface area contributed by atoms with Crippen LogP contribution in [-0.4, -0.2) is 68.1 Å². The summed E-state index contributed by atoms with van der Waals surface area (Å²) in [6.07, 6.45) is 1.49. The first-order valence-electron chi connectivity index (χ1n) is 10.7. The van der Waals surface area contributed by atoms with Crippen molar-refractivity contribution in [2.24, 2.45) is 17.6 Å². The summed E-state index contributed by atoms with van der Waals surface area (Å²) in [7, 11) is -3.57. The van der Waals surface area contributed by atoms with Gasteiger partial charge in [-0.15, -0.1) is 0 Å². The zero-order valence-corrected chi connectivity index (χ0v) is 18.8. The fourth-order valence-corrected chi connectivity index (χ4v) is 5.76. The number of nitrogens with zero attached hydrogens (tertiary/aromatic N) is 3. The summed E-state index contributed by atoms with van der Waals surface area (Å²) in [6, 6.07) is 6.19. The maximum Gasteiger partial charge on any atom is 0.243 e. The van der Waals surface area contributed by atoms with E-state index in [4.69, 9.17) is 5.73 Å². The van der Waals surface area contributed by atoms with Gasteiger partial charge in [-0.2, -0.15) is 4.31 Å². The minimum Gasteiger partial charge on any atom is -0.369 e. The van der Waals surface area contributed by atoms with Crippen molar-refractivity contribution in [1.82, 2.24) is 9.21 Å². The summed E-state index contributed by atoms with van der Waals surface area (Å²) in [6.45, 7) is 5.41. The molecule has 0 spiro atoms. The molecule has 2 heterocycles. The number of carbonyl (C=O) groups is 3. The normalized spacial score (nSPS) is 22.2. The van der Waals surface area contributed by atoms with Crippen molar-refractivity contribution in [3.8, 4) is 0 Å². The molecule has 3 rings (SSSR count). The molecule has 170 valence electrons. The molecule has 0 bridgehead atoms. The van der Waals surface area contributed by atoms with Crippen LogP contribution in [0.3, 0.4) is 0 Å². The van der Waals surface area contributed by atoms with Gasteiger partial charge in [0.05, 0.1) is 16.7 Å². The highest BCUT2D eigenvalue weighted by Gasteiger charge is 2.39. The molecular weight excluding hydrogens is 420 g/mol. The molecule has 3 amide bonds. The second-order valence-corrected chi connectivity index (χ2v) is 9.95. The van der Waals surface area contributed by atoms with E-state index in [0.29, 0.717) is 44.7 Å². The van der Waals surface area contributed by atoms with Gasteiger partial charge in [-0.1, -0.05) is 13.8 Å². The molecule has 0 aromatic heterocycles. The van der Waals surface area contributed by atoms with Crippen LogP contribution in [0.1, 0.15) is 33.1 Å². The van der Waals surface area contributed by atoms with Gasteiger partial charge in [0.25, 0.3) is 0 Å². The third kappa shape index (κ3) is 4.74. The Labute approximate surface area is 183 Å². The maximum atomic E-state index is 12.9. The van der Waals surface area contributed by atoms with Crippen LogP contribution in [0.5, 0.6) is 0 Å². The standard InChI is InChI=1S/C21H30N4O5S/c1-3-24(4-2)31(29,30)18-9-7-17(8-10-18)25-14-16(12-19(25)26)21(28)23-11-5-6-15(13-23)20(22)27/h7-10,15-16H,3-6,11-14H2,1-2H3,(H2,22,27)/t15-,16-/m0/s1. The van der Waals surface area contributed by atoms with E-state index in [1.165, 1.54) is 21.3 Å². The van der Waals surface area contributed by atoms with Gasteiger partial charge >= 0.3 is 0 Å². The van der Waals surface area contributed by atoms with Crippen LogP contribution in [-0.2, 0) is 24.4 Å². The van der Waals surface area contributed by atoms with Crippen molar-refractivity contribution in [2.45, 2.75) is 38.0 Å². The maximum absolute atomic E-state index is 12.9. The Morgan fingerprint density at radius 2 is 1.74 bits per heavy atom. The lowest BCUT2D eigenvalue weighted by Gasteiger charge is -2.32. The van der Waals surface area contributed by atoms with Gasteiger partial charge in [-0.3, -0.25) is 14.4 Å². The molecule has 9 nitrogen and oxygen atoms in total. The number of carbonyl (C=O) groups excluding carboxylic acids is 3. The van der Waals surface area contributed by atoms with Gasteiger partial charge in [0.2, 0.25) is 27.7 Å². The molecule has 2 saturated heterocycles. The first-order valence-corrected chi connectivity index (χ1v) is 12.1. The summed E-state index contributed by atoms with van der Waals surface area (Å²) >= 11 is 0. The average molecular weight is 451 g/mol. The van der Waals surface area contributed by atoms with Gasteiger partial charge in [0.15, 0.2) is 0 Å². The van der Waals surface area contributed by atoms with E-state index in [0.717, 1.165) is 0 Å². The Kier molecular flexibility index (Phi) is 7.00. The first-order chi connectivity index (χ1) is 14.7. The predicted octanol–water partition coefficient (Wildman–Crippen LogP) is 0.794. The molecule has 2 aliphatic rings. The van der Waals surface area contributed by atoms with E-state index in [9.17, 15) is 22.8 Å². The number of piperidine rings is 1. The Balaban J connectivity index is 1.70. The fraction of sp³-hybridized carbons (Fsp3) is 0.571. The molecule has 0 aliphatic carbocycles. The van der Waals surface area contributed by atoms with Gasteiger partial charge in [0.1, 0.15) is 0 Å². The third-order valence-corrected chi connectivity index (χ3v) is 8.17. The van der Waals surface area contributed by atoms with Crippen LogP contribution in [0.15, 0.2) is 29.2 Å². The Bertz CT molecular complexity index is 943. The zero-order chi connectivity index (χ0) is 22.8. The predicted molar refractivity (Wildman–Crippen MR) is 116 cm³/mol. The van der Waals surface area contributed by atoms with Gasteiger partial charge in [-0.25, -0.2) is 8.42 Å². The quantitative estimate of drug-likeness (QED) is 0.658. The average Bonchev–Trinajstić information content (AvgIpc) is 3.15. The van der Waals surface area contributed by atoms with Crippen LogP contribution in [0.25, 0.3) is 0 Å². The van der Waals surface area contributed by atoms with E-state index in [-0.39, 0.29) is 35.6 Å². The number of rotatable bonds is 7. The lowest BCUT2D eigenvalue weighted by atomic mass is 9.96. The molecule has 2 fully saturated rings. The molecule has 31 heavy (non-hydrogen) atoms. The number of primary amides is 1. The molecular formula is C21H30N4O5S. The zero-order valence-electron chi connectivity index (χ0n) is 18.0. The van der Waals surface area contributed by atoms with Crippen LogP contribution >= 0.6 is 0 Å². The highest BCUT2D eigenvalue weighted by atomic mass is 32.2. The van der Waals surface area contributed by atoms with Crippen LogP contribution < -0.4 is 10.6 Å². The van der Waals surface area contributed by atoms with Crippen LogP contribution in [0.4, 0.5) is 5.69 Å². The topological polar surface area (TPSA) is 121 Å². The molecule has 2 atom stereocenters. The van der Waals surface area contributed by atoms with Gasteiger partial charge in [-0.05, 0) is 37.1 Å². The number of benzene rings is 1. The largest absolute Gasteiger partial charge is 0.369 e. The Hall–Kier alpha value is -2.46. The third-order valence-electron chi connectivity index (χ3n) is 6.10. The number of amides is 3. The summed E-state index contributed by atoms with van der Waals surface area (Å²) in [5, 5.41) is 0. The highest BCUT2D eigenvalue weighted by molar-refractivity contribution is 7.89. The molecule has 0 saturated carbocycles. The summed E-state index contributed by atoms with van der Waals surface area (Å²) < 4.78 is 26.7. The summed E-state index contributed by atoms with van der Waals surface area (Å²) in [4.78, 5) is 40.3. The van der Waals surface area contributed by atoms with Crippen LogP contribution in [0.2, 0.25) is 0 Å². The second kappa shape index (κ2) is 9.35. The number of likely N-dealkylation sites (tertiary alicyclic amines) is 1. The molecule has 10 heteroatoms. The monoisotopic (exact) mass is 450 g/mol. The lowest BCUT2D eigenvalue weighted by molar-refractivity contribution is -0.139. The van der Waals surface area contributed by atoms with Crippen molar-refractivity contribution in [3.05, 3.63) is 24.3 Å². The Morgan fingerprint density at radius 3 is 2.32 bits per heavy atom. The molecule has 1 aromatic carbocycles. The van der Waals surface area contributed by atoms with E-state index in [1.807, 2.05) is 0 Å².